The van der Waals surface area contributed by atoms with Crippen LogP contribution in [0.2, 0.25) is 0 Å². The Kier molecular flexibility index (Phi) is 10.2. The number of unbranched alkanes of at least 4 members (excludes halogenated alkanes) is 1. The van der Waals surface area contributed by atoms with Crippen LogP contribution in [-0.4, -0.2) is 85.7 Å². The molecule has 0 atom stereocenters. The van der Waals surface area contributed by atoms with E-state index in [0.717, 1.165) is 28.1 Å². The van der Waals surface area contributed by atoms with Crippen molar-refractivity contribution in [2.24, 2.45) is 0 Å². The molecule has 1 aliphatic heterocycles. The SMILES string of the molecule is CCCCOc1ccc(C(=O)N2CCN(c3nnc(SCC(=O)NCCOC)s3)CC2)cc1. The van der Waals surface area contributed by atoms with Crippen molar-refractivity contribution in [3.05, 3.63) is 29.8 Å². The molecular formula is C22H31N5O4S2. The molecule has 2 heterocycles. The van der Waals surface area contributed by atoms with Gasteiger partial charge in [-0.2, -0.15) is 0 Å². The maximum absolute atomic E-state index is 12.9. The molecular weight excluding hydrogens is 462 g/mol. The van der Waals surface area contributed by atoms with Crippen LogP contribution in [0.4, 0.5) is 5.13 Å². The van der Waals surface area contributed by atoms with Crippen LogP contribution in [0.25, 0.3) is 0 Å². The van der Waals surface area contributed by atoms with Gasteiger partial charge < -0.3 is 24.6 Å². The van der Waals surface area contributed by atoms with Gasteiger partial charge in [0, 0.05) is 45.4 Å². The van der Waals surface area contributed by atoms with E-state index in [4.69, 9.17) is 9.47 Å². The fourth-order valence-corrected chi connectivity index (χ4v) is 4.89. The standard InChI is InChI=1S/C22H31N5O4S2/c1-3-4-14-31-18-7-5-17(6-8-18)20(29)26-10-12-27(13-11-26)21-24-25-22(33-21)32-16-19(28)23-9-15-30-2/h5-8H,3-4,9-16H2,1-2H3,(H,23,28). The highest BCUT2D eigenvalue weighted by molar-refractivity contribution is 8.01. The minimum absolute atomic E-state index is 0.0303. The van der Waals surface area contributed by atoms with Crippen molar-refractivity contribution in [1.82, 2.24) is 20.4 Å². The summed E-state index contributed by atoms with van der Waals surface area (Å²) in [6.07, 6.45) is 2.11. The monoisotopic (exact) mass is 493 g/mol. The minimum Gasteiger partial charge on any atom is -0.494 e. The summed E-state index contributed by atoms with van der Waals surface area (Å²) in [5.74, 6) is 1.06. The van der Waals surface area contributed by atoms with Gasteiger partial charge in [-0.25, -0.2) is 0 Å². The minimum atomic E-state index is -0.0542. The van der Waals surface area contributed by atoms with Gasteiger partial charge in [-0.3, -0.25) is 9.59 Å². The zero-order valence-corrected chi connectivity index (χ0v) is 20.8. The Labute approximate surface area is 202 Å². The molecule has 0 radical (unpaired) electrons. The number of nitrogens with zero attached hydrogens (tertiary/aromatic N) is 4. The summed E-state index contributed by atoms with van der Waals surface area (Å²) in [5, 5.41) is 12.1. The fraction of sp³-hybridized carbons (Fsp3) is 0.545. The molecule has 1 aromatic carbocycles. The molecule has 1 N–H and O–H groups in total. The van der Waals surface area contributed by atoms with Gasteiger partial charge in [0.25, 0.3) is 5.91 Å². The first-order valence-corrected chi connectivity index (χ1v) is 12.9. The molecule has 2 amide bonds. The Morgan fingerprint density at radius 3 is 2.58 bits per heavy atom. The first-order chi connectivity index (χ1) is 16.1. The maximum atomic E-state index is 12.9. The van der Waals surface area contributed by atoms with E-state index in [1.807, 2.05) is 29.2 Å². The zero-order valence-electron chi connectivity index (χ0n) is 19.1. The van der Waals surface area contributed by atoms with Crippen molar-refractivity contribution in [3.8, 4) is 5.75 Å². The molecule has 2 aromatic rings. The van der Waals surface area contributed by atoms with Gasteiger partial charge in [-0.1, -0.05) is 36.4 Å². The zero-order chi connectivity index (χ0) is 23.5. The third kappa shape index (κ3) is 7.86. The number of nitrogens with one attached hydrogen (secondary N) is 1. The molecule has 0 aliphatic carbocycles. The van der Waals surface area contributed by atoms with Crippen LogP contribution >= 0.6 is 23.1 Å². The largest absolute Gasteiger partial charge is 0.494 e. The summed E-state index contributed by atoms with van der Waals surface area (Å²) >= 11 is 2.84. The predicted octanol–water partition coefficient (Wildman–Crippen LogP) is 2.53. The lowest BCUT2D eigenvalue weighted by molar-refractivity contribution is -0.118. The number of methoxy groups -OCH3 is 1. The van der Waals surface area contributed by atoms with Crippen LogP contribution in [-0.2, 0) is 9.53 Å². The molecule has 0 bridgehead atoms. The van der Waals surface area contributed by atoms with Crippen LogP contribution in [0.5, 0.6) is 5.75 Å². The molecule has 3 rings (SSSR count). The lowest BCUT2D eigenvalue weighted by Gasteiger charge is -2.34. The summed E-state index contributed by atoms with van der Waals surface area (Å²) in [6.45, 7) is 6.44. The number of hydrogen-bond donors (Lipinski definition) is 1. The quantitative estimate of drug-likeness (QED) is 0.356. The van der Waals surface area contributed by atoms with Gasteiger partial charge in [-0.15, -0.1) is 10.2 Å². The van der Waals surface area contributed by atoms with Crippen molar-refractivity contribution in [1.29, 1.82) is 0 Å². The summed E-state index contributed by atoms with van der Waals surface area (Å²) in [4.78, 5) is 28.7. The second-order valence-electron chi connectivity index (χ2n) is 7.49. The predicted molar refractivity (Wildman–Crippen MR) is 130 cm³/mol. The van der Waals surface area contributed by atoms with E-state index in [1.54, 1.807) is 7.11 Å². The van der Waals surface area contributed by atoms with Crippen LogP contribution in [0.3, 0.4) is 0 Å². The first-order valence-electron chi connectivity index (χ1n) is 11.1. The van der Waals surface area contributed by atoms with E-state index >= 15 is 0 Å². The maximum Gasteiger partial charge on any atom is 0.253 e. The lowest BCUT2D eigenvalue weighted by Crippen LogP contribution is -2.48. The van der Waals surface area contributed by atoms with Gasteiger partial charge in [0.15, 0.2) is 4.34 Å². The number of thioether (sulfide) groups is 1. The number of carbonyl (C=O) groups excluding carboxylic acids is 2. The molecule has 9 nitrogen and oxygen atoms in total. The van der Waals surface area contributed by atoms with Crippen LogP contribution in [0.1, 0.15) is 30.1 Å². The molecule has 180 valence electrons. The highest BCUT2D eigenvalue weighted by Gasteiger charge is 2.24. The average Bonchev–Trinajstić information content (AvgIpc) is 3.32. The molecule has 1 aliphatic rings. The van der Waals surface area contributed by atoms with E-state index in [9.17, 15) is 9.59 Å². The van der Waals surface area contributed by atoms with Crippen LogP contribution in [0.15, 0.2) is 28.6 Å². The molecule has 0 saturated carbocycles. The van der Waals surface area contributed by atoms with Gasteiger partial charge in [-0.05, 0) is 30.7 Å². The molecule has 11 heteroatoms. The second kappa shape index (κ2) is 13.4. The molecule has 1 aromatic heterocycles. The molecule has 33 heavy (non-hydrogen) atoms. The Morgan fingerprint density at radius 2 is 1.88 bits per heavy atom. The number of rotatable bonds is 12. The van der Waals surface area contributed by atoms with Crippen molar-refractivity contribution in [2.45, 2.75) is 24.1 Å². The van der Waals surface area contributed by atoms with Gasteiger partial charge in [0.1, 0.15) is 5.75 Å². The Morgan fingerprint density at radius 1 is 1.12 bits per heavy atom. The Hall–Kier alpha value is -2.37. The van der Waals surface area contributed by atoms with E-state index in [1.165, 1.54) is 23.1 Å². The normalized spacial score (nSPS) is 13.8. The first kappa shape index (κ1) is 25.3. The van der Waals surface area contributed by atoms with Gasteiger partial charge >= 0.3 is 0 Å². The van der Waals surface area contributed by atoms with Crippen LogP contribution < -0.4 is 15.0 Å². The van der Waals surface area contributed by atoms with Crippen molar-refractivity contribution in [2.75, 3.05) is 63.7 Å². The number of amides is 2. The summed E-state index contributed by atoms with van der Waals surface area (Å²) < 4.78 is 11.3. The fourth-order valence-electron chi connectivity index (χ4n) is 3.17. The van der Waals surface area contributed by atoms with Crippen molar-refractivity contribution in [3.63, 3.8) is 0 Å². The van der Waals surface area contributed by atoms with E-state index < -0.39 is 0 Å². The van der Waals surface area contributed by atoms with Crippen LogP contribution in [0, 0.1) is 0 Å². The Balaban J connectivity index is 1.43. The lowest BCUT2D eigenvalue weighted by atomic mass is 10.1. The number of benzene rings is 1. The van der Waals surface area contributed by atoms with E-state index in [2.05, 4.69) is 27.3 Å². The smallest absolute Gasteiger partial charge is 0.253 e. The summed E-state index contributed by atoms with van der Waals surface area (Å²) in [7, 11) is 1.60. The van der Waals surface area contributed by atoms with Gasteiger partial charge in [0.2, 0.25) is 11.0 Å². The van der Waals surface area contributed by atoms with E-state index in [-0.39, 0.29) is 11.8 Å². The number of piperazine rings is 1. The third-order valence-electron chi connectivity index (χ3n) is 5.06. The number of aromatic nitrogens is 2. The Bertz CT molecular complexity index is 885. The van der Waals surface area contributed by atoms with E-state index in [0.29, 0.717) is 57.3 Å². The number of hydrogen-bond acceptors (Lipinski definition) is 9. The molecule has 0 unspecified atom stereocenters. The summed E-state index contributed by atoms with van der Waals surface area (Å²) in [5.41, 5.74) is 0.671. The highest BCUT2D eigenvalue weighted by atomic mass is 32.2. The van der Waals surface area contributed by atoms with Gasteiger partial charge in [0.05, 0.1) is 19.0 Å². The molecule has 1 saturated heterocycles. The second-order valence-corrected chi connectivity index (χ2v) is 9.67. The topological polar surface area (TPSA) is 96.9 Å². The van der Waals surface area contributed by atoms with Crippen molar-refractivity contribution >= 4 is 40.0 Å². The number of anilines is 1. The average molecular weight is 494 g/mol. The highest BCUT2D eigenvalue weighted by Crippen LogP contribution is 2.28. The number of ether oxygens (including phenoxy) is 2. The summed E-state index contributed by atoms with van der Waals surface area (Å²) in [6, 6.07) is 7.38. The third-order valence-corrected chi connectivity index (χ3v) is 7.17. The number of carbonyl (C=O) groups is 2. The molecule has 1 fully saturated rings. The molecule has 0 spiro atoms. The van der Waals surface area contributed by atoms with Crippen molar-refractivity contribution < 1.29 is 19.1 Å².